The first-order valence-corrected chi connectivity index (χ1v) is 9.57. The Balaban J connectivity index is 2.09. The molecule has 0 spiro atoms. The van der Waals surface area contributed by atoms with Crippen molar-refractivity contribution in [2.75, 3.05) is 12.4 Å². The van der Waals surface area contributed by atoms with Gasteiger partial charge in [0.1, 0.15) is 17.4 Å². The van der Waals surface area contributed by atoms with E-state index < -0.39 is 16.0 Å². The van der Waals surface area contributed by atoms with Crippen molar-refractivity contribution in [3.8, 4) is 11.8 Å². The maximum Gasteiger partial charge on any atom is 0.294 e. The molecule has 8 nitrogen and oxygen atoms in total. The molecule has 0 radical (unpaired) electrons. The number of ether oxygens (including phenoxy) is 1. The molecule has 3 N–H and O–H groups in total. The van der Waals surface area contributed by atoms with Crippen molar-refractivity contribution in [1.82, 2.24) is 5.32 Å². The molecule has 1 unspecified atom stereocenters. The Hall–Kier alpha value is -3.35. The van der Waals surface area contributed by atoms with E-state index in [9.17, 15) is 18.5 Å². The quantitative estimate of drug-likeness (QED) is 0.369. The molecular weight excluding hydrogens is 382 g/mol. The van der Waals surface area contributed by atoms with Crippen LogP contribution >= 0.6 is 0 Å². The van der Waals surface area contributed by atoms with Crippen LogP contribution in [0.15, 0.2) is 65.2 Å². The number of anilines is 1. The lowest BCUT2D eigenvalue weighted by atomic mass is 10.1. The molecule has 146 valence electrons. The van der Waals surface area contributed by atoms with Crippen LogP contribution in [0, 0.1) is 11.3 Å². The molecule has 9 heteroatoms. The van der Waals surface area contributed by atoms with E-state index in [0.29, 0.717) is 0 Å². The maximum atomic E-state index is 12.3. The third-order valence-electron chi connectivity index (χ3n) is 3.85. The molecule has 0 fully saturated rings. The van der Waals surface area contributed by atoms with E-state index in [4.69, 9.17) is 9.29 Å². The van der Waals surface area contributed by atoms with Crippen LogP contribution < -0.4 is 15.4 Å². The topological polar surface area (TPSA) is 129 Å². The fraction of sp³-hybridized carbons (Fsp3) is 0.158. The number of benzene rings is 2. The number of methoxy groups -OCH3 is 1. The summed E-state index contributed by atoms with van der Waals surface area (Å²) in [4.78, 5) is 11.9. The molecule has 2 rings (SSSR count). The lowest BCUT2D eigenvalue weighted by Crippen LogP contribution is -2.18. The minimum absolute atomic E-state index is 0.129. The summed E-state index contributed by atoms with van der Waals surface area (Å²) in [7, 11) is -2.82. The van der Waals surface area contributed by atoms with Crippen LogP contribution in [0.25, 0.3) is 0 Å². The van der Waals surface area contributed by atoms with E-state index in [2.05, 4.69) is 10.6 Å². The molecule has 0 aliphatic heterocycles. The van der Waals surface area contributed by atoms with E-state index in [-0.39, 0.29) is 22.2 Å². The Morgan fingerprint density at radius 3 is 2.50 bits per heavy atom. The first kappa shape index (κ1) is 21.0. The maximum absolute atomic E-state index is 12.3. The number of hydrogen-bond donors (Lipinski definition) is 3. The Morgan fingerprint density at radius 2 is 1.93 bits per heavy atom. The van der Waals surface area contributed by atoms with Crippen LogP contribution in [-0.2, 0) is 14.9 Å². The zero-order valence-electron chi connectivity index (χ0n) is 15.2. The van der Waals surface area contributed by atoms with Gasteiger partial charge < -0.3 is 15.4 Å². The third-order valence-corrected chi connectivity index (χ3v) is 4.70. The number of carbonyl (C=O) groups excluding carboxylic acids is 1. The molecule has 28 heavy (non-hydrogen) atoms. The van der Waals surface area contributed by atoms with Gasteiger partial charge in [0.15, 0.2) is 0 Å². The summed E-state index contributed by atoms with van der Waals surface area (Å²) in [6.45, 7) is 1.86. The first-order chi connectivity index (χ1) is 13.2. The molecule has 1 amide bonds. The molecule has 0 saturated carbocycles. The number of hydrogen-bond acceptors (Lipinski definition) is 6. The van der Waals surface area contributed by atoms with Gasteiger partial charge in [0.2, 0.25) is 0 Å². The van der Waals surface area contributed by atoms with Gasteiger partial charge in [0, 0.05) is 17.9 Å². The van der Waals surface area contributed by atoms with Gasteiger partial charge in [-0.15, -0.1) is 0 Å². The molecule has 0 aliphatic carbocycles. The van der Waals surface area contributed by atoms with Gasteiger partial charge in [-0.05, 0) is 42.8 Å². The molecule has 2 aromatic rings. The van der Waals surface area contributed by atoms with Crippen molar-refractivity contribution in [1.29, 1.82) is 5.26 Å². The summed E-state index contributed by atoms with van der Waals surface area (Å²) in [5.41, 5.74) is 0.859. The van der Waals surface area contributed by atoms with Gasteiger partial charge >= 0.3 is 0 Å². The number of nitrogens with zero attached hydrogens (tertiary/aromatic N) is 1. The standard InChI is InChI=1S/C19H19N3O5S/c1-13(14-6-8-17(27-2)9-7-14)21-12-15(11-20)19(23)22-16-4-3-5-18(10-16)28(24,25)26/h3-10,12-13,21H,1-2H3,(H,22,23)(H,24,25,26)/b15-12-. The normalized spacial score (nSPS) is 12.6. The van der Waals surface area contributed by atoms with Gasteiger partial charge in [-0.3, -0.25) is 9.35 Å². The molecule has 0 aliphatic rings. The molecule has 1 atom stereocenters. The van der Waals surface area contributed by atoms with Crippen LogP contribution in [0.5, 0.6) is 5.75 Å². The summed E-state index contributed by atoms with van der Waals surface area (Å²) in [6, 6.07) is 14.0. The van der Waals surface area contributed by atoms with Crippen molar-refractivity contribution >= 4 is 21.7 Å². The Labute approximate surface area is 163 Å². The van der Waals surface area contributed by atoms with E-state index in [0.717, 1.165) is 17.4 Å². The zero-order chi connectivity index (χ0) is 20.7. The summed E-state index contributed by atoms with van der Waals surface area (Å²) in [6.07, 6.45) is 1.29. The molecule has 0 heterocycles. The number of amides is 1. The van der Waals surface area contributed by atoms with Gasteiger partial charge in [-0.1, -0.05) is 18.2 Å². The minimum Gasteiger partial charge on any atom is -0.497 e. The van der Waals surface area contributed by atoms with Crippen LogP contribution in [0.3, 0.4) is 0 Å². The number of nitrogens with one attached hydrogen (secondary N) is 2. The van der Waals surface area contributed by atoms with Gasteiger partial charge in [-0.25, -0.2) is 0 Å². The Bertz CT molecular complexity index is 1020. The van der Waals surface area contributed by atoms with Crippen LogP contribution in [0.2, 0.25) is 0 Å². The van der Waals surface area contributed by atoms with E-state index >= 15 is 0 Å². The minimum atomic E-state index is -4.40. The van der Waals surface area contributed by atoms with Crippen molar-refractivity contribution < 1.29 is 22.5 Å². The molecule has 0 aromatic heterocycles. The van der Waals surface area contributed by atoms with Gasteiger partial charge in [-0.2, -0.15) is 13.7 Å². The van der Waals surface area contributed by atoms with Crippen LogP contribution in [-0.4, -0.2) is 26.0 Å². The fourth-order valence-corrected chi connectivity index (χ4v) is 2.80. The lowest BCUT2D eigenvalue weighted by Gasteiger charge is -2.13. The summed E-state index contributed by atoms with van der Waals surface area (Å²) in [5, 5.41) is 14.6. The first-order valence-electron chi connectivity index (χ1n) is 8.13. The van der Waals surface area contributed by atoms with Gasteiger partial charge in [0.05, 0.1) is 12.0 Å². The number of nitriles is 1. The van der Waals surface area contributed by atoms with Crippen LogP contribution in [0.1, 0.15) is 18.5 Å². The van der Waals surface area contributed by atoms with Crippen molar-refractivity contribution in [2.45, 2.75) is 17.9 Å². The summed E-state index contributed by atoms with van der Waals surface area (Å²) < 4.78 is 36.5. The number of rotatable bonds is 7. The Morgan fingerprint density at radius 1 is 1.25 bits per heavy atom. The molecule has 0 bridgehead atoms. The van der Waals surface area contributed by atoms with E-state index in [1.807, 2.05) is 19.1 Å². The SMILES string of the molecule is COc1ccc(C(C)N/C=C(/C#N)C(=O)Nc2cccc(S(=O)(=O)O)c2)cc1. The molecular formula is C19H19N3O5S. The Kier molecular flexibility index (Phi) is 6.76. The van der Waals surface area contributed by atoms with Crippen molar-refractivity contribution in [3.05, 3.63) is 65.9 Å². The van der Waals surface area contributed by atoms with Gasteiger partial charge in [0.25, 0.3) is 16.0 Å². The second-order valence-corrected chi connectivity index (χ2v) is 7.21. The third kappa shape index (κ3) is 5.57. The smallest absolute Gasteiger partial charge is 0.294 e. The molecule has 0 saturated heterocycles. The fourth-order valence-electron chi connectivity index (χ4n) is 2.28. The highest BCUT2D eigenvalue weighted by Crippen LogP contribution is 2.18. The average Bonchev–Trinajstić information content (AvgIpc) is 2.68. The monoisotopic (exact) mass is 401 g/mol. The average molecular weight is 401 g/mol. The highest BCUT2D eigenvalue weighted by molar-refractivity contribution is 7.85. The highest BCUT2D eigenvalue weighted by atomic mass is 32.2. The molecule has 2 aromatic carbocycles. The van der Waals surface area contributed by atoms with Crippen molar-refractivity contribution in [2.24, 2.45) is 0 Å². The number of carbonyl (C=O) groups is 1. The van der Waals surface area contributed by atoms with Crippen molar-refractivity contribution in [3.63, 3.8) is 0 Å². The predicted octanol–water partition coefficient (Wildman–Crippen LogP) is 2.64. The largest absolute Gasteiger partial charge is 0.497 e. The highest BCUT2D eigenvalue weighted by Gasteiger charge is 2.14. The van der Waals surface area contributed by atoms with E-state index in [1.54, 1.807) is 25.3 Å². The zero-order valence-corrected chi connectivity index (χ0v) is 16.0. The summed E-state index contributed by atoms with van der Waals surface area (Å²) in [5.74, 6) is 0.000117. The predicted molar refractivity (Wildman–Crippen MR) is 103 cm³/mol. The lowest BCUT2D eigenvalue weighted by molar-refractivity contribution is -0.112. The second kappa shape index (κ2) is 9.03. The second-order valence-electron chi connectivity index (χ2n) is 5.79. The summed E-state index contributed by atoms with van der Waals surface area (Å²) >= 11 is 0. The van der Waals surface area contributed by atoms with Crippen LogP contribution in [0.4, 0.5) is 5.69 Å². The van der Waals surface area contributed by atoms with E-state index in [1.165, 1.54) is 24.4 Å².